The molecule has 0 spiro atoms. The molecule has 1 aliphatic rings. The van der Waals surface area contributed by atoms with Crippen molar-refractivity contribution in [3.8, 4) is 11.1 Å². The van der Waals surface area contributed by atoms with Crippen molar-refractivity contribution in [1.82, 2.24) is 9.88 Å². The van der Waals surface area contributed by atoms with Crippen LogP contribution in [0.15, 0.2) is 96.4 Å². The fourth-order valence-corrected chi connectivity index (χ4v) is 5.28. The molecule has 0 aliphatic carbocycles. The van der Waals surface area contributed by atoms with Crippen LogP contribution >= 0.6 is 0 Å². The van der Waals surface area contributed by atoms with Gasteiger partial charge in [-0.05, 0) is 67.1 Å². The number of aliphatic imine (C=N–C) groups is 1. The highest BCUT2D eigenvalue weighted by Crippen LogP contribution is 2.30. The zero-order valence-electron chi connectivity index (χ0n) is 26.1. The van der Waals surface area contributed by atoms with Gasteiger partial charge in [-0.25, -0.2) is 0 Å². The number of hydrogen-bond acceptors (Lipinski definition) is 6. The van der Waals surface area contributed by atoms with Gasteiger partial charge in [-0.15, -0.1) is 0 Å². The fourth-order valence-electron chi connectivity index (χ4n) is 5.28. The monoisotopic (exact) mass is 626 g/mol. The Morgan fingerprint density at radius 1 is 0.957 bits per heavy atom. The Kier molecular flexibility index (Phi) is 10.2. The van der Waals surface area contributed by atoms with E-state index in [-0.39, 0.29) is 12.0 Å². The van der Waals surface area contributed by atoms with Gasteiger partial charge < -0.3 is 20.4 Å². The zero-order valence-corrected chi connectivity index (χ0v) is 26.1. The number of rotatable bonds is 9. The number of pyridine rings is 1. The first-order valence-corrected chi connectivity index (χ1v) is 15.0. The number of benzene rings is 3. The lowest BCUT2D eigenvalue weighted by molar-refractivity contribution is -0.137. The van der Waals surface area contributed by atoms with E-state index in [1.165, 1.54) is 17.8 Å². The number of nitrogens with zero attached hydrogens (tertiary/aromatic N) is 4. The van der Waals surface area contributed by atoms with Crippen molar-refractivity contribution in [2.24, 2.45) is 4.99 Å². The number of likely N-dealkylation sites (N-methyl/N-ethyl adjacent to an activating group) is 1. The Morgan fingerprint density at radius 2 is 1.72 bits per heavy atom. The molecule has 1 aromatic heterocycles. The number of halogens is 3. The molecule has 4 aromatic rings. The average molecular weight is 627 g/mol. The van der Waals surface area contributed by atoms with Gasteiger partial charge in [0.05, 0.1) is 12.0 Å². The van der Waals surface area contributed by atoms with Gasteiger partial charge in [-0.1, -0.05) is 36.4 Å². The molecule has 238 valence electrons. The zero-order chi connectivity index (χ0) is 32.7. The van der Waals surface area contributed by atoms with E-state index in [0.717, 1.165) is 71.8 Å². The second kappa shape index (κ2) is 14.4. The predicted octanol–water partition coefficient (Wildman–Crippen LogP) is 7.16. The van der Waals surface area contributed by atoms with Crippen LogP contribution in [-0.4, -0.2) is 62.3 Å². The third kappa shape index (κ3) is 8.39. The molecule has 2 N–H and O–H groups in total. The van der Waals surface area contributed by atoms with Gasteiger partial charge in [0.25, 0.3) is 0 Å². The van der Waals surface area contributed by atoms with Gasteiger partial charge in [0.1, 0.15) is 0 Å². The summed E-state index contributed by atoms with van der Waals surface area (Å²) in [5, 5.41) is 6.11. The Balaban J connectivity index is 1.28. The molecule has 1 aliphatic heterocycles. The van der Waals surface area contributed by atoms with Crippen LogP contribution in [0, 0.1) is 6.92 Å². The number of aryl methyl sites for hydroxylation is 1. The lowest BCUT2D eigenvalue weighted by Crippen LogP contribution is -2.44. The fraction of sp³-hybridized carbons (Fsp3) is 0.250. The van der Waals surface area contributed by atoms with Crippen LogP contribution in [0.25, 0.3) is 16.7 Å². The van der Waals surface area contributed by atoms with Crippen molar-refractivity contribution in [3.63, 3.8) is 0 Å². The molecule has 2 heterocycles. The Morgan fingerprint density at radius 3 is 2.43 bits per heavy atom. The Hall–Kier alpha value is -4.96. The first-order valence-electron chi connectivity index (χ1n) is 15.0. The van der Waals surface area contributed by atoms with Crippen LogP contribution in [-0.2, 0) is 17.4 Å². The van der Waals surface area contributed by atoms with E-state index in [2.05, 4.69) is 67.8 Å². The van der Waals surface area contributed by atoms with E-state index in [9.17, 15) is 18.0 Å². The maximum atomic E-state index is 13.1. The molecule has 0 atom stereocenters. The summed E-state index contributed by atoms with van der Waals surface area (Å²) in [5.41, 5.74) is 6.67. The first-order chi connectivity index (χ1) is 22.1. The van der Waals surface area contributed by atoms with Crippen LogP contribution in [0.4, 0.5) is 30.2 Å². The molecule has 3 aromatic carbocycles. The van der Waals surface area contributed by atoms with Gasteiger partial charge in [0.2, 0.25) is 5.91 Å². The third-order valence-electron chi connectivity index (χ3n) is 7.93. The predicted molar refractivity (Wildman–Crippen MR) is 180 cm³/mol. The topological polar surface area (TPSA) is 72.9 Å². The smallest absolute Gasteiger partial charge is 0.369 e. The minimum Gasteiger partial charge on any atom is -0.369 e. The molecule has 10 heteroatoms. The first kappa shape index (κ1) is 32.4. The molecule has 1 fully saturated rings. The van der Waals surface area contributed by atoms with Crippen LogP contribution in [0.1, 0.15) is 22.3 Å². The van der Waals surface area contributed by atoms with Crippen molar-refractivity contribution < 1.29 is 18.0 Å². The number of anilines is 3. The van der Waals surface area contributed by atoms with E-state index in [0.29, 0.717) is 5.69 Å². The lowest BCUT2D eigenvalue weighted by Gasteiger charge is -2.34. The number of allylic oxidation sites excluding steroid dienone is 1. The maximum absolute atomic E-state index is 13.1. The van der Waals surface area contributed by atoms with Gasteiger partial charge in [-0.3, -0.25) is 14.8 Å². The molecule has 7 nitrogen and oxygen atoms in total. The summed E-state index contributed by atoms with van der Waals surface area (Å²) in [6.07, 6.45) is 2.57. The summed E-state index contributed by atoms with van der Waals surface area (Å²) in [6, 6.07) is 20.8. The SMILES string of the molecule is CN=C/C(=C\Nc1cc(NC(=O)Cc2cccc(C(F)(F)F)c2)ccc1C)c1cncc(-c2ccc(N3CCN(C)CC3)cc2)c1. The van der Waals surface area contributed by atoms with Gasteiger partial charge in [0, 0.05) is 91.8 Å². The van der Waals surface area contributed by atoms with Gasteiger partial charge >= 0.3 is 6.18 Å². The highest BCUT2D eigenvalue weighted by atomic mass is 19.4. The molecule has 5 rings (SSSR count). The standard InChI is InChI=1S/C36H37F3N6O/c1-25-7-10-32(43-35(46)18-26-5-4-6-31(17-26)36(37,38)39)20-34(25)42-24-30(21-40-2)29-19-28(22-41-23-29)27-8-11-33(12-9-27)45-15-13-44(3)14-16-45/h4-12,17,19-24,42H,13-16,18H2,1-3H3,(H,43,46)/b30-24+,40-21?. The second-order valence-electron chi connectivity index (χ2n) is 11.4. The quantitative estimate of drug-likeness (QED) is 0.193. The second-order valence-corrected chi connectivity index (χ2v) is 11.4. The summed E-state index contributed by atoms with van der Waals surface area (Å²) in [4.78, 5) is 26.2. The normalized spacial score (nSPS) is 14.5. The number of aromatic nitrogens is 1. The largest absolute Gasteiger partial charge is 0.416 e. The summed E-state index contributed by atoms with van der Waals surface area (Å²) >= 11 is 0. The van der Waals surface area contributed by atoms with Crippen molar-refractivity contribution in [3.05, 3.63) is 114 Å². The number of alkyl halides is 3. The Bertz CT molecular complexity index is 1720. The van der Waals surface area contributed by atoms with Crippen molar-refractivity contribution in [2.75, 3.05) is 55.8 Å². The maximum Gasteiger partial charge on any atom is 0.416 e. The van der Waals surface area contributed by atoms with Crippen molar-refractivity contribution >= 4 is 34.8 Å². The van der Waals surface area contributed by atoms with E-state index in [4.69, 9.17) is 0 Å². The number of carbonyl (C=O) groups excluding carboxylic acids is 1. The number of amides is 1. The summed E-state index contributed by atoms with van der Waals surface area (Å²) in [5.74, 6) is -0.414. The van der Waals surface area contributed by atoms with Crippen LogP contribution in [0.3, 0.4) is 0 Å². The number of hydrogen-bond donors (Lipinski definition) is 2. The Labute approximate surface area is 267 Å². The van der Waals surface area contributed by atoms with E-state index >= 15 is 0 Å². The lowest BCUT2D eigenvalue weighted by atomic mass is 10.0. The molecule has 1 saturated heterocycles. The van der Waals surface area contributed by atoms with Gasteiger partial charge in [-0.2, -0.15) is 13.2 Å². The summed E-state index contributed by atoms with van der Waals surface area (Å²) in [6.45, 7) is 6.07. The molecule has 0 bridgehead atoms. The van der Waals surface area contributed by atoms with Gasteiger partial charge in [0.15, 0.2) is 0 Å². The molecule has 1 amide bonds. The van der Waals surface area contributed by atoms with Crippen LogP contribution in [0.5, 0.6) is 0 Å². The number of nitrogens with one attached hydrogen (secondary N) is 2. The minimum atomic E-state index is -4.47. The summed E-state index contributed by atoms with van der Waals surface area (Å²) in [7, 11) is 3.85. The van der Waals surface area contributed by atoms with E-state index in [1.807, 2.05) is 25.4 Å². The van der Waals surface area contributed by atoms with E-state index < -0.39 is 17.6 Å². The summed E-state index contributed by atoms with van der Waals surface area (Å²) < 4.78 is 39.2. The van der Waals surface area contributed by atoms with Crippen molar-refractivity contribution in [2.45, 2.75) is 19.5 Å². The molecular formula is C36H37F3N6O. The molecule has 0 saturated carbocycles. The third-order valence-corrected chi connectivity index (χ3v) is 7.93. The highest BCUT2D eigenvalue weighted by molar-refractivity contribution is 6.10. The minimum absolute atomic E-state index is 0.181. The van der Waals surface area contributed by atoms with E-state index in [1.54, 1.807) is 31.6 Å². The highest BCUT2D eigenvalue weighted by Gasteiger charge is 2.30. The molecular weight excluding hydrogens is 589 g/mol. The molecule has 0 radical (unpaired) electrons. The number of carbonyl (C=O) groups is 1. The number of piperazine rings is 1. The van der Waals surface area contributed by atoms with Crippen LogP contribution < -0.4 is 15.5 Å². The van der Waals surface area contributed by atoms with Crippen LogP contribution in [0.2, 0.25) is 0 Å². The molecule has 0 unspecified atom stereocenters. The average Bonchev–Trinajstić information content (AvgIpc) is 3.04. The molecule has 46 heavy (non-hydrogen) atoms. The van der Waals surface area contributed by atoms with Crippen molar-refractivity contribution in [1.29, 1.82) is 0 Å².